The molecule has 1 heterocycles. The summed E-state index contributed by atoms with van der Waals surface area (Å²) in [6.07, 6.45) is 9.77. The van der Waals surface area contributed by atoms with Crippen molar-refractivity contribution in [2.75, 3.05) is 13.3 Å². The van der Waals surface area contributed by atoms with Gasteiger partial charge in [-0.1, -0.05) is 11.6 Å². The molecule has 1 fully saturated rings. The summed E-state index contributed by atoms with van der Waals surface area (Å²) in [5, 5.41) is 12.8. The first kappa shape index (κ1) is 21.4. The number of halogens is 2. The van der Waals surface area contributed by atoms with Crippen LogP contribution in [0.5, 0.6) is 0 Å². The Balaban J connectivity index is 0.00000243. The summed E-state index contributed by atoms with van der Waals surface area (Å²) in [7, 11) is 1.81. The molecule has 1 aromatic carbocycles. The highest BCUT2D eigenvalue weighted by Crippen LogP contribution is 2.28. The highest BCUT2D eigenvalue weighted by Gasteiger charge is 2.24. The Hall–Kier alpha value is -0.930. The first-order valence-electron chi connectivity index (χ1n) is 8.47. The minimum Gasteiger partial charge on any atom is -0.354 e. The van der Waals surface area contributed by atoms with Gasteiger partial charge in [0.25, 0.3) is 0 Å². The maximum absolute atomic E-state index is 5.93. The summed E-state index contributed by atoms with van der Waals surface area (Å²) in [4.78, 5) is 4.34. The van der Waals surface area contributed by atoms with Crippen LogP contribution in [-0.4, -0.2) is 40.3 Å². The van der Waals surface area contributed by atoms with Crippen molar-refractivity contribution < 1.29 is 0 Å². The van der Waals surface area contributed by atoms with Gasteiger partial charge in [-0.25, -0.2) is 4.68 Å². The van der Waals surface area contributed by atoms with Crippen LogP contribution in [0.25, 0.3) is 5.69 Å². The van der Waals surface area contributed by atoms with Crippen molar-refractivity contribution in [3.05, 3.63) is 47.2 Å². The predicted molar refractivity (Wildman–Crippen MR) is 122 cm³/mol. The summed E-state index contributed by atoms with van der Waals surface area (Å²) in [5.41, 5.74) is 2.10. The SMILES string of the molecule is CN=C(NCc1cnn(-c2ccc(Cl)cc2)c1)NC1CCC(SC)C1.I. The standard InChI is InChI=1S/C18H24ClN5S.HI/c1-20-18(23-15-5-8-17(9-15)25-2)21-10-13-11-22-24(12-13)16-6-3-14(19)4-7-16;/h3-4,6-7,11-12,15,17H,5,8-10H2,1-2H3,(H2,20,21,23);1H. The van der Waals surface area contributed by atoms with Gasteiger partial charge in [0.05, 0.1) is 11.9 Å². The molecule has 3 rings (SSSR count). The molecule has 0 radical (unpaired) electrons. The molecule has 1 saturated carbocycles. The van der Waals surface area contributed by atoms with E-state index in [2.05, 4.69) is 27.0 Å². The number of aromatic nitrogens is 2. The maximum atomic E-state index is 5.93. The van der Waals surface area contributed by atoms with E-state index in [0.29, 0.717) is 12.6 Å². The van der Waals surface area contributed by atoms with Crippen molar-refractivity contribution >= 4 is 53.3 Å². The molecule has 0 spiro atoms. The number of guanidine groups is 1. The Bertz CT molecular complexity index is 719. The number of aliphatic imine (C=N–C) groups is 1. The lowest BCUT2D eigenvalue weighted by molar-refractivity contribution is 0.614. The number of rotatable bonds is 5. The number of thioether (sulfide) groups is 1. The van der Waals surface area contributed by atoms with Crippen molar-refractivity contribution in [1.82, 2.24) is 20.4 Å². The monoisotopic (exact) mass is 505 g/mol. The van der Waals surface area contributed by atoms with Crippen molar-refractivity contribution in [3.63, 3.8) is 0 Å². The second-order valence-corrected chi connectivity index (χ2v) is 7.78. The van der Waals surface area contributed by atoms with Crippen LogP contribution in [0.15, 0.2) is 41.7 Å². The van der Waals surface area contributed by atoms with Gasteiger partial charge < -0.3 is 10.6 Å². The molecule has 0 aliphatic heterocycles. The van der Waals surface area contributed by atoms with E-state index in [9.17, 15) is 0 Å². The van der Waals surface area contributed by atoms with Crippen LogP contribution in [0.2, 0.25) is 5.02 Å². The van der Waals surface area contributed by atoms with Gasteiger partial charge in [0.2, 0.25) is 0 Å². The molecule has 1 aliphatic carbocycles. The van der Waals surface area contributed by atoms with Gasteiger partial charge in [-0.2, -0.15) is 16.9 Å². The number of hydrogen-bond donors (Lipinski definition) is 2. The molecule has 2 aromatic rings. The molecular weight excluding hydrogens is 481 g/mol. The van der Waals surface area contributed by atoms with E-state index in [1.165, 1.54) is 19.3 Å². The van der Waals surface area contributed by atoms with Crippen LogP contribution in [0.1, 0.15) is 24.8 Å². The van der Waals surface area contributed by atoms with Crippen molar-refractivity contribution in [2.45, 2.75) is 37.1 Å². The molecule has 2 atom stereocenters. The number of nitrogens with zero attached hydrogens (tertiary/aromatic N) is 3. The number of hydrogen-bond acceptors (Lipinski definition) is 3. The summed E-state index contributed by atoms with van der Waals surface area (Å²) < 4.78 is 1.85. The minimum atomic E-state index is 0. The smallest absolute Gasteiger partial charge is 0.191 e. The van der Waals surface area contributed by atoms with Crippen LogP contribution < -0.4 is 10.6 Å². The third-order valence-electron chi connectivity index (χ3n) is 4.47. The fourth-order valence-corrected chi connectivity index (χ4v) is 3.97. The minimum absolute atomic E-state index is 0. The zero-order chi connectivity index (χ0) is 17.6. The van der Waals surface area contributed by atoms with E-state index in [4.69, 9.17) is 11.6 Å². The molecule has 0 saturated heterocycles. The van der Waals surface area contributed by atoms with Crippen LogP contribution >= 0.6 is 47.3 Å². The second-order valence-electron chi connectivity index (χ2n) is 6.21. The van der Waals surface area contributed by atoms with Gasteiger partial charge in [-0.3, -0.25) is 4.99 Å². The van der Waals surface area contributed by atoms with E-state index >= 15 is 0 Å². The Morgan fingerprint density at radius 1 is 1.35 bits per heavy atom. The van der Waals surface area contributed by atoms with Crippen molar-refractivity contribution in [2.24, 2.45) is 4.99 Å². The average Bonchev–Trinajstić information content (AvgIpc) is 3.28. The number of nitrogens with one attached hydrogen (secondary N) is 2. The Labute approximate surface area is 181 Å². The largest absolute Gasteiger partial charge is 0.354 e. The summed E-state index contributed by atoms with van der Waals surface area (Å²) in [5.74, 6) is 0.853. The summed E-state index contributed by atoms with van der Waals surface area (Å²) in [6, 6.07) is 8.16. The predicted octanol–water partition coefficient (Wildman–Crippen LogP) is 4.09. The van der Waals surface area contributed by atoms with Crippen molar-refractivity contribution in [3.8, 4) is 5.69 Å². The Morgan fingerprint density at radius 2 is 2.12 bits per heavy atom. The van der Waals surface area contributed by atoms with E-state index in [-0.39, 0.29) is 24.0 Å². The average molecular weight is 506 g/mol. The zero-order valence-electron chi connectivity index (χ0n) is 15.0. The van der Waals surface area contributed by atoms with E-state index < -0.39 is 0 Å². The lowest BCUT2D eigenvalue weighted by Gasteiger charge is -2.17. The molecule has 26 heavy (non-hydrogen) atoms. The van der Waals surface area contributed by atoms with Gasteiger partial charge in [0, 0.05) is 41.7 Å². The molecule has 1 aliphatic rings. The normalized spacial score (nSPS) is 19.9. The van der Waals surface area contributed by atoms with Gasteiger partial charge >= 0.3 is 0 Å². The quantitative estimate of drug-likeness (QED) is 0.365. The second kappa shape index (κ2) is 10.4. The van der Waals surface area contributed by atoms with E-state index in [0.717, 1.165) is 27.5 Å². The third kappa shape index (κ3) is 5.79. The maximum Gasteiger partial charge on any atom is 0.191 e. The Morgan fingerprint density at radius 3 is 2.77 bits per heavy atom. The van der Waals surface area contributed by atoms with E-state index in [1.54, 1.807) is 0 Å². The van der Waals surface area contributed by atoms with Crippen LogP contribution in [-0.2, 0) is 6.54 Å². The van der Waals surface area contributed by atoms with Crippen LogP contribution in [0, 0.1) is 0 Å². The van der Waals surface area contributed by atoms with Gasteiger partial charge in [0.15, 0.2) is 5.96 Å². The van der Waals surface area contributed by atoms with Crippen LogP contribution in [0.3, 0.4) is 0 Å². The summed E-state index contributed by atoms with van der Waals surface area (Å²) >= 11 is 7.89. The lowest BCUT2D eigenvalue weighted by Crippen LogP contribution is -2.42. The van der Waals surface area contributed by atoms with Gasteiger partial charge in [0.1, 0.15) is 0 Å². The molecular formula is C18H25ClIN5S. The fourth-order valence-electron chi connectivity index (χ4n) is 3.05. The lowest BCUT2D eigenvalue weighted by atomic mass is 10.2. The first-order chi connectivity index (χ1) is 12.2. The highest BCUT2D eigenvalue weighted by atomic mass is 127. The highest BCUT2D eigenvalue weighted by molar-refractivity contribution is 14.0. The first-order valence-corrected chi connectivity index (χ1v) is 10.1. The molecule has 5 nitrogen and oxygen atoms in total. The van der Waals surface area contributed by atoms with Crippen LogP contribution in [0.4, 0.5) is 0 Å². The molecule has 0 amide bonds. The summed E-state index contributed by atoms with van der Waals surface area (Å²) in [6.45, 7) is 0.686. The zero-order valence-corrected chi connectivity index (χ0v) is 18.9. The third-order valence-corrected chi connectivity index (χ3v) is 5.82. The molecule has 142 valence electrons. The van der Waals surface area contributed by atoms with E-state index in [1.807, 2.05) is 60.2 Å². The van der Waals surface area contributed by atoms with Gasteiger partial charge in [-0.05, 0) is 49.8 Å². The molecule has 2 unspecified atom stereocenters. The molecule has 1 aromatic heterocycles. The molecule has 2 N–H and O–H groups in total. The number of benzene rings is 1. The Kier molecular flexibility index (Phi) is 8.56. The van der Waals surface area contributed by atoms with Crippen molar-refractivity contribution in [1.29, 1.82) is 0 Å². The molecule has 0 bridgehead atoms. The topological polar surface area (TPSA) is 54.2 Å². The molecule has 8 heteroatoms. The fraction of sp³-hybridized carbons (Fsp3) is 0.444. The van der Waals surface area contributed by atoms with Gasteiger partial charge in [-0.15, -0.1) is 24.0 Å².